The summed E-state index contributed by atoms with van der Waals surface area (Å²) >= 11 is 6.62. The Labute approximate surface area is 130 Å². The highest BCUT2D eigenvalue weighted by Gasteiger charge is 2.31. The lowest BCUT2D eigenvalue weighted by Gasteiger charge is -2.31. The molecule has 0 bridgehead atoms. The van der Waals surface area contributed by atoms with E-state index in [0.717, 1.165) is 10.9 Å². The van der Waals surface area contributed by atoms with Gasteiger partial charge in [-0.05, 0) is 40.5 Å². The first-order valence-corrected chi connectivity index (χ1v) is 9.04. The zero-order valence-corrected chi connectivity index (χ0v) is 14.5. The van der Waals surface area contributed by atoms with Crippen molar-refractivity contribution >= 4 is 41.9 Å². The second kappa shape index (κ2) is 6.22. The number of morpholine rings is 1. The van der Waals surface area contributed by atoms with Gasteiger partial charge in [-0.3, -0.25) is 0 Å². The molecule has 7 heteroatoms. The van der Waals surface area contributed by atoms with E-state index in [0.29, 0.717) is 29.1 Å². The summed E-state index contributed by atoms with van der Waals surface area (Å²) in [4.78, 5) is 0.290. The van der Waals surface area contributed by atoms with E-state index in [9.17, 15) is 8.42 Å². The van der Waals surface area contributed by atoms with E-state index in [1.54, 1.807) is 18.2 Å². The lowest BCUT2D eigenvalue weighted by Crippen LogP contribution is -2.45. The van der Waals surface area contributed by atoms with Gasteiger partial charge in [0.05, 0.1) is 17.6 Å². The first-order valence-electron chi connectivity index (χ1n) is 6.02. The maximum atomic E-state index is 12.6. The average Bonchev–Trinajstić information content (AvgIpc) is 2.41. The number of benzene rings is 1. The highest BCUT2D eigenvalue weighted by Crippen LogP contribution is 2.29. The van der Waals surface area contributed by atoms with Crippen LogP contribution in [-0.2, 0) is 14.8 Å². The SMILES string of the molecule is CCC1CN(S(=O)(=O)c2cc(Br)ccc2Br)CCO1. The Balaban J connectivity index is 2.34. The monoisotopic (exact) mass is 411 g/mol. The van der Waals surface area contributed by atoms with Crippen molar-refractivity contribution in [3.05, 3.63) is 27.1 Å². The van der Waals surface area contributed by atoms with Crippen LogP contribution in [0.4, 0.5) is 0 Å². The molecule has 1 atom stereocenters. The van der Waals surface area contributed by atoms with Crippen LogP contribution in [0.3, 0.4) is 0 Å². The molecule has 0 N–H and O–H groups in total. The molecule has 1 aliphatic rings. The first-order chi connectivity index (χ1) is 8.95. The lowest BCUT2D eigenvalue weighted by atomic mass is 10.2. The molecule has 4 nitrogen and oxygen atoms in total. The van der Waals surface area contributed by atoms with Crippen LogP contribution >= 0.6 is 31.9 Å². The molecule has 2 rings (SSSR count). The summed E-state index contributed by atoms with van der Waals surface area (Å²) in [5, 5.41) is 0. The molecule has 0 aromatic heterocycles. The van der Waals surface area contributed by atoms with Crippen LogP contribution in [0.5, 0.6) is 0 Å². The fourth-order valence-electron chi connectivity index (χ4n) is 1.97. The Morgan fingerprint density at radius 2 is 2.16 bits per heavy atom. The molecule has 0 amide bonds. The van der Waals surface area contributed by atoms with Gasteiger partial charge in [0.25, 0.3) is 0 Å². The third kappa shape index (κ3) is 3.39. The molecule has 106 valence electrons. The third-order valence-electron chi connectivity index (χ3n) is 3.07. The summed E-state index contributed by atoms with van der Waals surface area (Å²) in [5.74, 6) is 0. The number of hydrogen-bond acceptors (Lipinski definition) is 3. The van der Waals surface area contributed by atoms with Crippen molar-refractivity contribution in [2.24, 2.45) is 0 Å². The Hall–Kier alpha value is 0.0500. The number of sulfonamides is 1. The van der Waals surface area contributed by atoms with Gasteiger partial charge in [-0.25, -0.2) is 8.42 Å². The Bertz CT molecular complexity index is 562. The van der Waals surface area contributed by atoms with E-state index in [-0.39, 0.29) is 6.10 Å². The van der Waals surface area contributed by atoms with Crippen molar-refractivity contribution in [1.82, 2.24) is 4.31 Å². The van der Waals surface area contributed by atoms with E-state index in [2.05, 4.69) is 31.9 Å². The quantitative estimate of drug-likeness (QED) is 0.766. The molecule has 19 heavy (non-hydrogen) atoms. The van der Waals surface area contributed by atoms with Crippen LogP contribution in [0, 0.1) is 0 Å². The van der Waals surface area contributed by atoms with Crippen LogP contribution < -0.4 is 0 Å². The Kier molecular flexibility index (Phi) is 5.05. The number of hydrogen-bond donors (Lipinski definition) is 0. The predicted octanol–water partition coefficient (Wildman–Crippen LogP) is 3.01. The van der Waals surface area contributed by atoms with Crippen LogP contribution in [0.2, 0.25) is 0 Å². The van der Waals surface area contributed by atoms with E-state index in [1.807, 2.05) is 6.92 Å². The van der Waals surface area contributed by atoms with Crippen molar-refractivity contribution in [2.75, 3.05) is 19.7 Å². The van der Waals surface area contributed by atoms with E-state index in [4.69, 9.17) is 4.74 Å². The van der Waals surface area contributed by atoms with Gasteiger partial charge in [-0.2, -0.15) is 4.31 Å². The first kappa shape index (κ1) is 15.4. The lowest BCUT2D eigenvalue weighted by molar-refractivity contribution is -0.00279. The summed E-state index contributed by atoms with van der Waals surface area (Å²) in [6, 6.07) is 5.15. The van der Waals surface area contributed by atoms with Crippen LogP contribution in [0.25, 0.3) is 0 Å². The largest absolute Gasteiger partial charge is 0.375 e. The number of nitrogens with zero attached hydrogens (tertiary/aromatic N) is 1. The van der Waals surface area contributed by atoms with Gasteiger partial charge in [0.15, 0.2) is 0 Å². The minimum atomic E-state index is -3.48. The average molecular weight is 413 g/mol. The fourth-order valence-corrected chi connectivity index (χ4v) is 4.89. The molecule has 1 saturated heterocycles. The van der Waals surface area contributed by atoms with Crippen molar-refractivity contribution in [3.63, 3.8) is 0 Å². The third-order valence-corrected chi connectivity index (χ3v) is 6.42. The Morgan fingerprint density at radius 1 is 1.42 bits per heavy atom. The van der Waals surface area contributed by atoms with Crippen molar-refractivity contribution in [3.8, 4) is 0 Å². The minimum absolute atomic E-state index is 0.0190. The van der Waals surface area contributed by atoms with Gasteiger partial charge in [-0.1, -0.05) is 22.9 Å². The maximum Gasteiger partial charge on any atom is 0.244 e. The van der Waals surface area contributed by atoms with E-state index in [1.165, 1.54) is 4.31 Å². The van der Waals surface area contributed by atoms with Gasteiger partial charge >= 0.3 is 0 Å². The van der Waals surface area contributed by atoms with Gasteiger partial charge < -0.3 is 4.74 Å². The number of ether oxygens (including phenoxy) is 1. The minimum Gasteiger partial charge on any atom is -0.375 e. The normalized spacial score (nSPS) is 21.5. The van der Waals surface area contributed by atoms with Gasteiger partial charge in [0.2, 0.25) is 10.0 Å². The zero-order chi connectivity index (χ0) is 14.0. The summed E-state index contributed by atoms with van der Waals surface area (Å²) < 4.78 is 33.6. The zero-order valence-electron chi connectivity index (χ0n) is 10.5. The maximum absolute atomic E-state index is 12.6. The summed E-state index contributed by atoms with van der Waals surface area (Å²) in [6.45, 7) is 3.26. The molecule has 1 heterocycles. The molecular formula is C12H15Br2NO3S. The molecule has 1 unspecified atom stereocenters. The van der Waals surface area contributed by atoms with Crippen LogP contribution in [-0.4, -0.2) is 38.5 Å². The molecule has 1 aliphatic heterocycles. The second-order valence-corrected chi connectivity index (χ2v) is 8.02. The van der Waals surface area contributed by atoms with Gasteiger partial charge in [0.1, 0.15) is 0 Å². The second-order valence-electron chi connectivity index (χ2n) is 4.34. The molecular weight excluding hydrogens is 398 g/mol. The fraction of sp³-hybridized carbons (Fsp3) is 0.500. The number of halogens is 2. The van der Waals surface area contributed by atoms with Crippen LogP contribution in [0.1, 0.15) is 13.3 Å². The predicted molar refractivity (Wildman–Crippen MR) is 80.6 cm³/mol. The Morgan fingerprint density at radius 3 is 2.84 bits per heavy atom. The van der Waals surface area contributed by atoms with Crippen molar-refractivity contribution in [2.45, 2.75) is 24.3 Å². The van der Waals surface area contributed by atoms with Gasteiger partial charge in [-0.15, -0.1) is 0 Å². The molecule has 0 radical (unpaired) electrons. The highest BCUT2D eigenvalue weighted by atomic mass is 79.9. The van der Waals surface area contributed by atoms with Crippen LogP contribution in [0.15, 0.2) is 32.0 Å². The van der Waals surface area contributed by atoms with Crippen molar-refractivity contribution in [1.29, 1.82) is 0 Å². The smallest absolute Gasteiger partial charge is 0.244 e. The van der Waals surface area contributed by atoms with Gasteiger partial charge in [0, 0.05) is 22.0 Å². The molecule has 0 saturated carbocycles. The highest BCUT2D eigenvalue weighted by molar-refractivity contribution is 9.11. The van der Waals surface area contributed by atoms with Crippen molar-refractivity contribution < 1.29 is 13.2 Å². The molecule has 1 aromatic carbocycles. The van der Waals surface area contributed by atoms with E-state index >= 15 is 0 Å². The molecule has 0 spiro atoms. The summed E-state index contributed by atoms with van der Waals surface area (Å²) in [7, 11) is -3.48. The summed E-state index contributed by atoms with van der Waals surface area (Å²) in [6.07, 6.45) is 0.792. The standard InChI is InChI=1S/C12H15Br2NO3S/c1-2-10-8-15(5-6-18-10)19(16,17)12-7-9(13)3-4-11(12)14/h3-4,7,10H,2,5-6,8H2,1H3. The summed E-state index contributed by atoms with van der Waals surface area (Å²) in [5.41, 5.74) is 0. The molecule has 1 fully saturated rings. The topological polar surface area (TPSA) is 46.6 Å². The number of rotatable bonds is 3. The molecule has 0 aliphatic carbocycles. The molecule has 1 aromatic rings. The van der Waals surface area contributed by atoms with E-state index < -0.39 is 10.0 Å².